The molecule has 1 amide bonds. The molecule has 8 heteroatoms. The Bertz CT molecular complexity index is 857. The van der Waals surface area contributed by atoms with Gasteiger partial charge in [0.05, 0.1) is 29.1 Å². The summed E-state index contributed by atoms with van der Waals surface area (Å²) in [7, 11) is 0. The van der Waals surface area contributed by atoms with Gasteiger partial charge < -0.3 is 5.32 Å². The Balaban J connectivity index is 1.79. The molecular weight excluding hydrogens is 334 g/mol. The average Bonchev–Trinajstić information content (AvgIpc) is 3.16. The number of carbonyl (C=O) groups excluding carboxylic acids is 1. The van der Waals surface area contributed by atoms with E-state index in [1.807, 2.05) is 24.3 Å². The Morgan fingerprint density at radius 3 is 2.65 bits per heavy atom. The molecule has 1 atom stereocenters. The van der Waals surface area contributed by atoms with Gasteiger partial charge in [-0.05, 0) is 17.7 Å². The van der Waals surface area contributed by atoms with Gasteiger partial charge in [0.15, 0.2) is 0 Å². The number of aromatic nitrogens is 4. The zero-order valence-corrected chi connectivity index (χ0v) is 13.4. The zero-order valence-electron chi connectivity index (χ0n) is 11.8. The molecule has 0 aliphatic carbocycles. The summed E-state index contributed by atoms with van der Waals surface area (Å²) in [5.41, 5.74) is 3.87. The predicted molar refractivity (Wildman–Crippen MR) is 90.6 cm³/mol. The van der Waals surface area contributed by atoms with Crippen LogP contribution in [0.1, 0.15) is 16.4 Å². The highest BCUT2D eigenvalue weighted by Gasteiger charge is 2.28. The number of H-pyrrole nitrogens is 2. The summed E-state index contributed by atoms with van der Waals surface area (Å²) >= 11 is 7.51. The number of anilines is 1. The Morgan fingerprint density at radius 2 is 1.83 bits per heavy atom. The first-order chi connectivity index (χ1) is 11.2. The minimum absolute atomic E-state index is 0.0351. The number of nitrogens with one attached hydrogen (secondary N) is 3. The number of hydrogen-bond acceptors (Lipinski definition) is 4. The summed E-state index contributed by atoms with van der Waals surface area (Å²) < 4.78 is 0. The number of fused-ring (bicyclic) bond motifs is 1. The summed E-state index contributed by atoms with van der Waals surface area (Å²) in [6, 6.07) is 7.58. The Kier molecular flexibility index (Phi) is 3.59. The van der Waals surface area contributed by atoms with Crippen molar-refractivity contribution in [2.24, 2.45) is 0 Å². The van der Waals surface area contributed by atoms with Crippen molar-refractivity contribution >= 4 is 35.1 Å². The second-order valence-electron chi connectivity index (χ2n) is 5.15. The molecule has 2 aromatic heterocycles. The van der Waals surface area contributed by atoms with Crippen molar-refractivity contribution in [2.75, 3.05) is 11.1 Å². The molecule has 0 spiro atoms. The van der Waals surface area contributed by atoms with Crippen molar-refractivity contribution in [3.05, 3.63) is 52.8 Å². The first-order valence-corrected chi connectivity index (χ1v) is 8.39. The van der Waals surface area contributed by atoms with Crippen LogP contribution in [0.25, 0.3) is 11.3 Å². The maximum absolute atomic E-state index is 11.8. The molecule has 3 aromatic rings. The highest BCUT2D eigenvalue weighted by atomic mass is 35.5. The molecule has 23 heavy (non-hydrogen) atoms. The normalized spacial score (nSPS) is 17.4. The third kappa shape index (κ3) is 2.62. The third-order valence-electron chi connectivity index (χ3n) is 3.68. The summed E-state index contributed by atoms with van der Waals surface area (Å²) in [5.74, 6) is 0.978. The molecule has 3 N–H and O–H groups in total. The van der Waals surface area contributed by atoms with Crippen molar-refractivity contribution in [1.29, 1.82) is 0 Å². The van der Waals surface area contributed by atoms with Crippen molar-refractivity contribution in [1.82, 2.24) is 20.4 Å². The maximum atomic E-state index is 11.8. The van der Waals surface area contributed by atoms with Crippen LogP contribution in [-0.2, 0) is 4.79 Å². The minimum Gasteiger partial charge on any atom is -0.310 e. The quantitative estimate of drug-likeness (QED) is 0.665. The van der Waals surface area contributed by atoms with Crippen LogP contribution in [0.3, 0.4) is 0 Å². The van der Waals surface area contributed by atoms with Gasteiger partial charge in [-0.3, -0.25) is 15.0 Å². The lowest BCUT2D eigenvalue weighted by Crippen LogP contribution is -2.12. The van der Waals surface area contributed by atoms with Crippen molar-refractivity contribution in [3.63, 3.8) is 0 Å². The number of aromatic amines is 2. The summed E-state index contributed by atoms with van der Waals surface area (Å²) in [5, 5.41) is 17.6. The van der Waals surface area contributed by atoms with E-state index in [1.165, 1.54) is 0 Å². The fourth-order valence-electron chi connectivity index (χ4n) is 2.62. The Morgan fingerprint density at radius 1 is 1.09 bits per heavy atom. The molecule has 1 aromatic carbocycles. The Labute approximate surface area is 141 Å². The largest absolute Gasteiger partial charge is 0.310 e. The fraction of sp³-hybridized carbons (Fsp3) is 0.133. The van der Waals surface area contributed by atoms with Crippen LogP contribution in [0, 0.1) is 0 Å². The molecule has 1 aliphatic rings. The van der Waals surface area contributed by atoms with E-state index in [9.17, 15) is 4.79 Å². The van der Waals surface area contributed by atoms with Crippen LogP contribution in [0.15, 0.2) is 36.7 Å². The summed E-state index contributed by atoms with van der Waals surface area (Å²) in [4.78, 5) is 11.8. The van der Waals surface area contributed by atoms with E-state index in [2.05, 4.69) is 25.7 Å². The lowest BCUT2D eigenvalue weighted by atomic mass is 10.0. The average molecular weight is 346 g/mol. The smallest absolute Gasteiger partial charge is 0.235 e. The molecule has 0 unspecified atom stereocenters. The molecule has 6 nitrogen and oxygen atoms in total. The fourth-order valence-corrected chi connectivity index (χ4v) is 3.85. The maximum Gasteiger partial charge on any atom is 0.235 e. The number of amides is 1. The van der Waals surface area contributed by atoms with Gasteiger partial charge in [-0.15, -0.1) is 11.8 Å². The second kappa shape index (κ2) is 5.75. The predicted octanol–water partition coefficient (Wildman–Crippen LogP) is 3.23. The molecule has 1 aliphatic heterocycles. The van der Waals surface area contributed by atoms with Gasteiger partial charge in [-0.25, -0.2) is 0 Å². The monoisotopic (exact) mass is 345 g/mol. The van der Waals surface area contributed by atoms with Gasteiger partial charge in [0.25, 0.3) is 0 Å². The van der Waals surface area contributed by atoms with E-state index in [0.717, 1.165) is 22.4 Å². The molecule has 3 heterocycles. The molecule has 0 saturated carbocycles. The zero-order chi connectivity index (χ0) is 15.8. The van der Waals surface area contributed by atoms with E-state index in [-0.39, 0.29) is 11.2 Å². The number of nitrogens with zero attached hydrogens (tertiary/aromatic N) is 2. The van der Waals surface area contributed by atoms with Gasteiger partial charge in [0.1, 0.15) is 5.82 Å². The summed E-state index contributed by atoms with van der Waals surface area (Å²) in [6.45, 7) is 0. The topological polar surface area (TPSA) is 86.5 Å². The molecule has 0 saturated heterocycles. The van der Waals surface area contributed by atoms with E-state index >= 15 is 0 Å². The molecule has 116 valence electrons. The van der Waals surface area contributed by atoms with Gasteiger partial charge in [0, 0.05) is 16.1 Å². The van der Waals surface area contributed by atoms with Crippen LogP contribution in [0.4, 0.5) is 5.82 Å². The minimum atomic E-state index is -0.0421. The first kappa shape index (κ1) is 14.3. The molecule has 0 radical (unpaired) electrons. The number of thioether (sulfide) groups is 1. The first-order valence-electron chi connectivity index (χ1n) is 6.96. The molecular formula is C15H12ClN5OS. The van der Waals surface area contributed by atoms with Crippen LogP contribution in [-0.4, -0.2) is 32.1 Å². The van der Waals surface area contributed by atoms with Crippen LogP contribution in [0.5, 0.6) is 0 Å². The summed E-state index contributed by atoms with van der Waals surface area (Å²) in [6.07, 6.45) is 3.55. The third-order valence-corrected chi connectivity index (χ3v) is 5.20. The number of halogens is 1. The molecule has 0 bridgehead atoms. The van der Waals surface area contributed by atoms with Gasteiger partial charge in [0.2, 0.25) is 5.91 Å². The highest BCUT2D eigenvalue weighted by molar-refractivity contribution is 8.00. The van der Waals surface area contributed by atoms with E-state index in [1.54, 1.807) is 24.2 Å². The van der Waals surface area contributed by atoms with Gasteiger partial charge >= 0.3 is 0 Å². The van der Waals surface area contributed by atoms with E-state index in [4.69, 9.17) is 11.6 Å². The lowest BCUT2D eigenvalue weighted by molar-refractivity contribution is -0.113. The Hall–Kier alpha value is -2.25. The van der Waals surface area contributed by atoms with Gasteiger partial charge in [-0.1, -0.05) is 23.7 Å². The van der Waals surface area contributed by atoms with Crippen molar-refractivity contribution < 1.29 is 4.79 Å². The van der Waals surface area contributed by atoms with Gasteiger partial charge in [-0.2, -0.15) is 10.2 Å². The van der Waals surface area contributed by atoms with Crippen molar-refractivity contribution in [3.8, 4) is 11.3 Å². The van der Waals surface area contributed by atoms with Crippen LogP contribution >= 0.6 is 23.4 Å². The van der Waals surface area contributed by atoms with Crippen LogP contribution < -0.4 is 5.32 Å². The standard InChI is InChI=1S/C15H12ClN5OS/c16-9-3-1-8(2-4-9)13-10(5-17-20-13)14-11-6-18-21-15(11)19-12(22)7-23-14/h1-6,14H,7H2,(H,17,20)(H2,18,19,21,22)/t14-/m0/s1. The number of benzene rings is 1. The second-order valence-corrected chi connectivity index (χ2v) is 6.68. The lowest BCUT2D eigenvalue weighted by Gasteiger charge is -2.13. The molecule has 4 rings (SSSR count). The number of carbonyl (C=O) groups is 1. The number of hydrogen-bond donors (Lipinski definition) is 3. The van der Waals surface area contributed by atoms with E-state index < -0.39 is 0 Å². The molecule has 0 fully saturated rings. The van der Waals surface area contributed by atoms with E-state index in [0.29, 0.717) is 16.6 Å². The SMILES string of the molecule is O=C1CS[C@@H](c2cn[nH]c2-c2ccc(Cl)cc2)c2cn[nH]c2N1. The number of rotatable bonds is 2. The van der Waals surface area contributed by atoms with Crippen LogP contribution in [0.2, 0.25) is 5.02 Å². The van der Waals surface area contributed by atoms with Crippen molar-refractivity contribution in [2.45, 2.75) is 5.25 Å². The highest BCUT2D eigenvalue weighted by Crippen LogP contribution is 2.43.